The second-order valence-electron chi connectivity index (χ2n) is 7.16. The number of thiazole rings is 1. The van der Waals surface area contributed by atoms with Crippen LogP contribution in [0, 0.1) is 5.95 Å². The minimum absolute atomic E-state index is 0.00832. The quantitative estimate of drug-likeness (QED) is 0.708. The zero-order valence-electron chi connectivity index (χ0n) is 16.0. The van der Waals surface area contributed by atoms with E-state index in [4.69, 9.17) is 4.74 Å². The van der Waals surface area contributed by atoms with Gasteiger partial charge in [-0.15, -0.1) is 0 Å². The molecule has 148 valence electrons. The number of aromatic nitrogens is 3. The van der Waals surface area contributed by atoms with E-state index in [1.807, 2.05) is 36.0 Å². The first-order valence-corrected chi connectivity index (χ1v) is 9.96. The van der Waals surface area contributed by atoms with Gasteiger partial charge < -0.3 is 14.6 Å². The monoisotopic (exact) mass is 403 g/mol. The van der Waals surface area contributed by atoms with Gasteiger partial charge in [-0.25, -0.2) is 0 Å². The molecule has 0 aliphatic carbocycles. The fourth-order valence-corrected chi connectivity index (χ4v) is 4.44. The number of ether oxygens (including phenoxy) is 1. The molecule has 1 fully saturated rings. The van der Waals surface area contributed by atoms with Crippen molar-refractivity contribution in [1.82, 2.24) is 19.4 Å². The van der Waals surface area contributed by atoms with E-state index in [0.29, 0.717) is 29.0 Å². The zero-order valence-corrected chi connectivity index (χ0v) is 16.8. The molecule has 0 aromatic carbocycles. The van der Waals surface area contributed by atoms with Crippen LogP contribution in [0.4, 0.5) is 9.52 Å². The van der Waals surface area contributed by atoms with Crippen molar-refractivity contribution in [2.45, 2.75) is 39.0 Å². The summed E-state index contributed by atoms with van der Waals surface area (Å²) in [6.07, 6.45) is 2.80. The SMILES string of the molecule is CC(=O)Nc1nc(F)c(CN2CC(Oc3ccc4ccn(C)c4n3)CC2C)s1. The molecule has 1 aliphatic heterocycles. The Kier molecular flexibility index (Phi) is 5.03. The summed E-state index contributed by atoms with van der Waals surface area (Å²) in [4.78, 5) is 22.2. The van der Waals surface area contributed by atoms with Crippen LogP contribution in [0.1, 0.15) is 25.1 Å². The maximum absolute atomic E-state index is 14.1. The fourth-order valence-electron chi connectivity index (χ4n) is 3.52. The van der Waals surface area contributed by atoms with E-state index in [1.165, 1.54) is 18.3 Å². The molecule has 9 heteroatoms. The molecule has 3 aromatic rings. The number of fused-ring (bicyclic) bond motifs is 1. The number of pyridine rings is 1. The highest BCUT2D eigenvalue weighted by molar-refractivity contribution is 7.15. The Labute approximate surface area is 166 Å². The van der Waals surface area contributed by atoms with Gasteiger partial charge in [0, 0.05) is 57.2 Å². The molecule has 2 unspecified atom stereocenters. The molecule has 3 aromatic heterocycles. The second-order valence-corrected chi connectivity index (χ2v) is 8.24. The van der Waals surface area contributed by atoms with Crippen LogP contribution in [0.3, 0.4) is 0 Å². The molecule has 0 bridgehead atoms. The normalized spacial score (nSPS) is 20.0. The van der Waals surface area contributed by atoms with Crippen LogP contribution in [0.5, 0.6) is 5.88 Å². The number of nitrogens with one attached hydrogen (secondary N) is 1. The van der Waals surface area contributed by atoms with Gasteiger partial charge in [-0.2, -0.15) is 14.4 Å². The number of hydrogen-bond donors (Lipinski definition) is 1. The van der Waals surface area contributed by atoms with Gasteiger partial charge in [0.15, 0.2) is 5.13 Å². The third-order valence-corrected chi connectivity index (χ3v) is 5.85. The van der Waals surface area contributed by atoms with Gasteiger partial charge in [0.1, 0.15) is 11.8 Å². The van der Waals surface area contributed by atoms with Gasteiger partial charge in [-0.05, 0) is 19.1 Å². The lowest BCUT2D eigenvalue weighted by atomic mass is 10.2. The molecule has 1 amide bonds. The van der Waals surface area contributed by atoms with E-state index in [9.17, 15) is 9.18 Å². The molecule has 0 radical (unpaired) electrons. The Morgan fingerprint density at radius 1 is 1.39 bits per heavy atom. The van der Waals surface area contributed by atoms with Gasteiger partial charge in [-0.3, -0.25) is 9.69 Å². The van der Waals surface area contributed by atoms with Crippen molar-refractivity contribution < 1.29 is 13.9 Å². The van der Waals surface area contributed by atoms with E-state index < -0.39 is 5.95 Å². The van der Waals surface area contributed by atoms with Crippen LogP contribution in [-0.4, -0.2) is 44.0 Å². The summed E-state index contributed by atoms with van der Waals surface area (Å²) >= 11 is 1.17. The summed E-state index contributed by atoms with van der Waals surface area (Å²) in [6.45, 7) is 4.60. The number of nitrogens with zero attached hydrogens (tertiary/aromatic N) is 4. The van der Waals surface area contributed by atoms with Crippen molar-refractivity contribution in [3.63, 3.8) is 0 Å². The van der Waals surface area contributed by atoms with E-state index >= 15 is 0 Å². The minimum Gasteiger partial charge on any atom is -0.473 e. The molecular formula is C19H22FN5O2S. The lowest BCUT2D eigenvalue weighted by molar-refractivity contribution is -0.114. The molecule has 0 saturated carbocycles. The largest absolute Gasteiger partial charge is 0.473 e. The van der Waals surface area contributed by atoms with Crippen molar-refractivity contribution in [3.05, 3.63) is 35.2 Å². The highest BCUT2D eigenvalue weighted by Gasteiger charge is 2.32. The summed E-state index contributed by atoms with van der Waals surface area (Å²) < 4.78 is 22.2. The zero-order chi connectivity index (χ0) is 19.8. The van der Waals surface area contributed by atoms with Gasteiger partial charge in [0.2, 0.25) is 17.7 Å². The maximum atomic E-state index is 14.1. The minimum atomic E-state index is -0.527. The Morgan fingerprint density at radius 2 is 2.21 bits per heavy atom. The highest BCUT2D eigenvalue weighted by atomic mass is 32.1. The van der Waals surface area contributed by atoms with E-state index in [1.54, 1.807) is 0 Å². The molecule has 1 N–H and O–H groups in total. The average molecular weight is 403 g/mol. The van der Waals surface area contributed by atoms with Crippen LogP contribution in [0.2, 0.25) is 0 Å². The summed E-state index contributed by atoms with van der Waals surface area (Å²) in [5.74, 6) is -0.183. The molecular weight excluding hydrogens is 381 g/mol. The second kappa shape index (κ2) is 7.48. The summed E-state index contributed by atoms with van der Waals surface area (Å²) in [6, 6.07) is 6.15. The van der Waals surface area contributed by atoms with E-state index in [-0.39, 0.29) is 18.1 Å². The van der Waals surface area contributed by atoms with Gasteiger partial charge in [0.05, 0.1) is 4.88 Å². The van der Waals surface area contributed by atoms with E-state index in [0.717, 1.165) is 17.5 Å². The van der Waals surface area contributed by atoms with Crippen molar-refractivity contribution in [1.29, 1.82) is 0 Å². The van der Waals surface area contributed by atoms with E-state index in [2.05, 4.69) is 27.1 Å². The molecule has 28 heavy (non-hydrogen) atoms. The van der Waals surface area contributed by atoms with Crippen LogP contribution >= 0.6 is 11.3 Å². The fraction of sp³-hybridized carbons (Fsp3) is 0.421. The molecule has 1 aliphatic rings. The number of amides is 1. The standard InChI is InChI=1S/C19H22FN5O2S/c1-11-8-14(27-16-5-4-13-6-7-24(3)18(13)22-16)9-25(11)10-15-17(20)23-19(28-15)21-12(2)26/h4-7,11,14H,8-10H2,1-3H3,(H,21,23,26). The summed E-state index contributed by atoms with van der Waals surface area (Å²) in [5.41, 5.74) is 0.887. The number of carbonyl (C=O) groups excluding carboxylic acids is 1. The Balaban J connectivity index is 1.42. The first-order valence-electron chi connectivity index (χ1n) is 9.14. The maximum Gasteiger partial charge on any atom is 0.230 e. The molecule has 4 rings (SSSR count). The van der Waals surface area contributed by atoms with Gasteiger partial charge >= 0.3 is 0 Å². The smallest absolute Gasteiger partial charge is 0.230 e. The van der Waals surface area contributed by atoms with Crippen molar-refractivity contribution in [2.75, 3.05) is 11.9 Å². The number of hydrogen-bond acceptors (Lipinski definition) is 6. The van der Waals surface area contributed by atoms with Crippen LogP contribution in [0.15, 0.2) is 24.4 Å². The molecule has 4 heterocycles. The summed E-state index contributed by atoms with van der Waals surface area (Å²) in [5, 5.41) is 3.90. The highest BCUT2D eigenvalue weighted by Crippen LogP contribution is 2.29. The third-order valence-electron chi connectivity index (χ3n) is 4.92. The lowest BCUT2D eigenvalue weighted by Crippen LogP contribution is -2.28. The van der Waals surface area contributed by atoms with Crippen molar-refractivity contribution in [3.8, 4) is 5.88 Å². The molecule has 0 spiro atoms. The predicted molar refractivity (Wildman–Crippen MR) is 106 cm³/mol. The Bertz CT molecular complexity index is 1020. The van der Waals surface area contributed by atoms with Gasteiger partial charge in [0.25, 0.3) is 0 Å². The molecule has 2 atom stereocenters. The topological polar surface area (TPSA) is 72.3 Å². The number of likely N-dealkylation sites (tertiary alicyclic amines) is 1. The first-order chi connectivity index (χ1) is 13.4. The Hall–Kier alpha value is -2.52. The summed E-state index contributed by atoms with van der Waals surface area (Å²) in [7, 11) is 1.96. The van der Waals surface area contributed by atoms with Crippen LogP contribution < -0.4 is 10.1 Å². The Morgan fingerprint density at radius 3 is 3.00 bits per heavy atom. The van der Waals surface area contributed by atoms with Gasteiger partial charge in [-0.1, -0.05) is 11.3 Å². The first kappa shape index (κ1) is 18.8. The molecule has 7 nitrogen and oxygen atoms in total. The van der Waals surface area contributed by atoms with Crippen LogP contribution in [0.25, 0.3) is 11.0 Å². The lowest BCUT2D eigenvalue weighted by Gasteiger charge is -2.19. The molecule has 1 saturated heterocycles. The number of aryl methyl sites for hydroxylation is 1. The number of rotatable bonds is 5. The predicted octanol–water partition coefficient (Wildman–Crippen LogP) is 3.17. The third kappa shape index (κ3) is 3.85. The number of carbonyl (C=O) groups is 1. The average Bonchev–Trinajstić information content (AvgIpc) is 3.27. The number of halogens is 1. The van der Waals surface area contributed by atoms with Crippen LogP contribution in [-0.2, 0) is 18.4 Å². The van der Waals surface area contributed by atoms with Crippen molar-refractivity contribution in [2.24, 2.45) is 7.05 Å². The number of anilines is 1. The van der Waals surface area contributed by atoms with Crippen molar-refractivity contribution >= 4 is 33.4 Å².